The van der Waals surface area contributed by atoms with Gasteiger partial charge in [0.2, 0.25) is 0 Å². The Morgan fingerprint density at radius 2 is 1.30 bits per heavy atom. The molecule has 0 bridgehead atoms. The first kappa shape index (κ1) is 32.3. The molecule has 3 aromatic carbocycles. The Bertz CT molecular complexity index is 1070. The number of hydrogen-bond acceptors (Lipinski definition) is 5. The molecule has 0 aliphatic rings. The Balaban J connectivity index is 0.00000341. The van der Waals surface area contributed by atoms with E-state index in [1.807, 2.05) is 0 Å². The number of benzene rings is 3. The summed E-state index contributed by atoms with van der Waals surface area (Å²) in [5, 5.41) is 37.1. The predicted molar refractivity (Wildman–Crippen MR) is 109 cm³/mol. The first-order valence-corrected chi connectivity index (χ1v) is 9.51. The van der Waals surface area contributed by atoms with Crippen LogP contribution < -0.4 is 109 Å². The molecule has 0 aliphatic carbocycles. The van der Waals surface area contributed by atoms with Gasteiger partial charge in [-0.3, -0.25) is 4.79 Å². The second kappa shape index (κ2) is 15.3. The third-order valence-electron chi connectivity index (χ3n) is 5.09. The van der Waals surface area contributed by atoms with Crippen molar-refractivity contribution < 1.29 is 114 Å². The van der Waals surface area contributed by atoms with Crippen LogP contribution in [0.25, 0.3) is 5.76 Å². The van der Waals surface area contributed by atoms with Gasteiger partial charge in [-0.25, -0.2) is 0 Å². The minimum Gasteiger partial charge on any atom is -0.872 e. The summed E-state index contributed by atoms with van der Waals surface area (Å²) in [6.07, 6.45) is 1.38. The number of Topliss-reactive ketones (excluding diaryl/α,β-unsaturated/α-hetero) is 1. The first-order valence-electron chi connectivity index (χ1n) is 9.51. The molecule has 3 aromatic rings. The Labute approximate surface area is 260 Å². The number of methoxy groups -OCH3 is 1. The molecule has 0 saturated carbocycles. The van der Waals surface area contributed by atoms with E-state index in [0.29, 0.717) is 11.3 Å². The van der Waals surface area contributed by atoms with Crippen LogP contribution in [0, 0.1) is 5.92 Å². The fraction of sp³-hybridized carbons (Fsp3) is 0.160. The van der Waals surface area contributed by atoms with Crippen LogP contribution >= 0.6 is 0 Å². The molecule has 8 heteroatoms. The van der Waals surface area contributed by atoms with E-state index >= 15 is 0 Å². The number of ketones is 1. The van der Waals surface area contributed by atoms with Gasteiger partial charge in [-0.1, -0.05) is 79.4 Å². The molecule has 0 aromatic heterocycles. The SMILES string of the molecule is COc1ccc([C@@H](/C=C(\[O-])c2ccccc2[O-])[C@H](C)C(=O)c2ccccc2[O-])cc1.[Na+].[Na+].[Na+]. The third-order valence-corrected chi connectivity index (χ3v) is 5.09. The fourth-order valence-corrected chi connectivity index (χ4v) is 3.36. The Hall–Kier alpha value is -0.730. The van der Waals surface area contributed by atoms with Crippen molar-refractivity contribution in [2.45, 2.75) is 12.8 Å². The molecule has 0 heterocycles. The quantitative estimate of drug-likeness (QED) is 0.195. The van der Waals surface area contributed by atoms with E-state index in [4.69, 9.17) is 4.74 Å². The van der Waals surface area contributed by atoms with Gasteiger partial charge in [0.1, 0.15) is 5.75 Å². The molecule has 0 fully saturated rings. The van der Waals surface area contributed by atoms with Gasteiger partial charge >= 0.3 is 88.7 Å². The second-order valence-electron chi connectivity index (χ2n) is 6.98. The summed E-state index contributed by atoms with van der Waals surface area (Å²) in [5.74, 6) is -2.25. The van der Waals surface area contributed by atoms with Crippen LogP contribution in [-0.2, 0) is 0 Å². The minimum atomic E-state index is -0.698. The Morgan fingerprint density at radius 3 is 1.79 bits per heavy atom. The minimum absolute atomic E-state index is 0. The molecular weight excluding hydrogens is 449 g/mol. The molecule has 0 spiro atoms. The molecule has 154 valence electrons. The van der Waals surface area contributed by atoms with Gasteiger partial charge in [0, 0.05) is 17.4 Å². The van der Waals surface area contributed by atoms with Crippen molar-refractivity contribution in [2.75, 3.05) is 7.11 Å². The van der Waals surface area contributed by atoms with Crippen LogP contribution in [0.3, 0.4) is 0 Å². The van der Waals surface area contributed by atoms with Gasteiger partial charge in [0.05, 0.1) is 7.11 Å². The van der Waals surface area contributed by atoms with Gasteiger partial charge in [0.15, 0.2) is 5.78 Å². The zero-order chi connectivity index (χ0) is 21.7. The zero-order valence-electron chi connectivity index (χ0n) is 19.7. The van der Waals surface area contributed by atoms with E-state index in [1.54, 1.807) is 62.6 Å². The monoisotopic (exact) mass is 470 g/mol. The van der Waals surface area contributed by atoms with E-state index in [9.17, 15) is 20.1 Å². The molecule has 0 radical (unpaired) electrons. The molecule has 2 atom stereocenters. The average Bonchev–Trinajstić information content (AvgIpc) is 2.77. The van der Waals surface area contributed by atoms with Crippen molar-refractivity contribution in [1.29, 1.82) is 0 Å². The average molecular weight is 470 g/mol. The van der Waals surface area contributed by atoms with Gasteiger partial charge in [-0.15, -0.1) is 11.5 Å². The summed E-state index contributed by atoms with van der Waals surface area (Å²) < 4.78 is 5.18. The van der Waals surface area contributed by atoms with Crippen molar-refractivity contribution in [3.63, 3.8) is 0 Å². The number of carbonyl (C=O) groups is 1. The summed E-state index contributed by atoms with van der Waals surface area (Å²) in [6, 6.07) is 19.0. The van der Waals surface area contributed by atoms with Gasteiger partial charge in [0.25, 0.3) is 0 Å². The maximum absolute atomic E-state index is 13.1. The number of hydrogen-bond donors (Lipinski definition) is 0. The summed E-state index contributed by atoms with van der Waals surface area (Å²) >= 11 is 0. The number of para-hydroxylation sites is 2. The number of carbonyl (C=O) groups excluding carboxylic acids is 1. The van der Waals surface area contributed by atoms with Crippen molar-refractivity contribution in [2.24, 2.45) is 5.92 Å². The Kier molecular flexibility index (Phi) is 15.0. The predicted octanol–water partition coefficient (Wildman–Crippen LogP) is -6.14. The number of ether oxygens (including phenoxy) is 1. The summed E-state index contributed by atoms with van der Waals surface area (Å²) in [7, 11) is 1.55. The van der Waals surface area contributed by atoms with E-state index in [0.717, 1.165) is 0 Å². The molecule has 5 nitrogen and oxygen atoms in total. The largest absolute Gasteiger partial charge is 1.00 e. The standard InChI is InChI=1S/C25H24O5.3Na/c1-16(25(29)20-8-4-6-10-23(20)27)21(17-11-13-18(30-2)14-12-17)15-24(28)19-7-3-5-9-22(19)26;;;/h3-16,21,26-28H,1-2H3;;;/q;3*+1/p-3/b24-15-;;;/t16-,21-;;;/m0.../s1. The van der Waals surface area contributed by atoms with E-state index in [-0.39, 0.29) is 117 Å². The molecule has 0 amide bonds. The van der Waals surface area contributed by atoms with Crippen LogP contribution in [0.15, 0.2) is 78.9 Å². The van der Waals surface area contributed by atoms with Crippen molar-refractivity contribution in [1.82, 2.24) is 0 Å². The van der Waals surface area contributed by atoms with E-state index in [1.165, 1.54) is 30.3 Å². The molecule has 0 saturated heterocycles. The van der Waals surface area contributed by atoms with Crippen LogP contribution in [0.5, 0.6) is 17.2 Å². The summed E-state index contributed by atoms with van der Waals surface area (Å²) in [6.45, 7) is 1.68. The van der Waals surface area contributed by atoms with Crippen LogP contribution in [0.1, 0.15) is 34.3 Å². The Morgan fingerprint density at radius 1 is 0.818 bits per heavy atom. The third kappa shape index (κ3) is 8.17. The van der Waals surface area contributed by atoms with Gasteiger partial charge < -0.3 is 20.1 Å². The fourth-order valence-electron chi connectivity index (χ4n) is 3.36. The smallest absolute Gasteiger partial charge is 0.872 e. The van der Waals surface area contributed by atoms with Gasteiger partial charge in [-0.2, -0.15) is 0 Å². The van der Waals surface area contributed by atoms with Crippen molar-refractivity contribution in [3.8, 4) is 17.2 Å². The summed E-state index contributed by atoms with van der Waals surface area (Å²) in [4.78, 5) is 13.1. The first-order chi connectivity index (χ1) is 14.4. The molecule has 3 rings (SSSR count). The zero-order valence-corrected chi connectivity index (χ0v) is 25.7. The molecule has 0 N–H and O–H groups in total. The van der Waals surface area contributed by atoms with Crippen molar-refractivity contribution >= 4 is 11.5 Å². The molecule has 0 aliphatic heterocycles. The number of rotatable bonds is 7. The van der Waals surface area contributed by atoms with E-state index < -0.39 is 17.6 Å². The van der Waals surface area contributed by atoms with E-state index in [2.05, 4.69) is 0 Å². The van der Waals surface area contributed by atoms with Crippen LogP contribution in [0.4, 0.5) is 0 Å². The second-order valence-corrected chi connectivity index (χ2v) is 6.98. The summed E-state index contributed by atoms with van der Waals surface area (Å²) in [5.41, 5.74) is 0.824. The molecular formula is C25H21Na3O5. The maximum Gasteiger partial charge on any atom is 1.00 e. The maximum atomic E-state index is 13.1. The van der Waals surface area contributed by atoms with Crippen molar-refractivity contribution in [3.05, 3.63) is 95.6 Å². The number of allylic oxidation sites excluding steroid dienone is 1. The molecule has 0 unspecified atom stereocenters. The topological polar surface area (TPSA) is 95.5 Å². The normalized spacial score (nSPS) is 12.2. The van der Waals surface area contributed by atoms with Crippen LogP contribution in [-0.4, -0.2) is 12.9 Å². The van der Waals surface area contributed by atoms with Gasteiger partial charge in [-0.05, 0) is 23.3 Å². The molecule has 33 heavy (non-hydrogen) atoms. The van der Waals surface area contributed by atoms with Crippen LogP contribution in [0.2, 0.25) is 0 Å².